The molecule has 0 spiro atoms. The fraction of sp³-hybridized carbons (Fsp3) is 0.150. The lowest BCUT2D eigenvalue weighted by Crippen LogP contribution is -2.32. The van der Waals surface area contributed by atoms with Gasteiger partial charge in [-0.15, -0.1) is 0 Å². The summed E-state index contributed by atoms with van der Waals surface area (Å²) in [6, 6.07) is 12.0. The van der Waals surface area contributed by atoms with Crippen molar-refractivity contribution in [2.45, 2.75) is 16.2 Å². The molecule has 156 valence electrons. The number of carbonyl (C=O) groups is 2. The Bertz CT molecular complexity index is 1300. The molecule has 0 radical (unpaired) electrons. The Hall–Kier alpha value is -3.44. The van der Waals surface area contributed by atoms with Crippen molar-refractivity contribution in [1.29, 1.82) is 0 Å². The maximum absolute atomic E-state index is 13.5. The van der Waals surface area contributed by atoms with Crippen LogP contribution in [0.25, 0.3) is 0 Å². The lowest BCUT2D eigenvalue weighted by Gasteiger charge is -2.30. The number of thiazole rings is 1. The minimum Gasteiger partial charge on any atom is -0.508 e. The second-order valence-electron chi connectivity index (χ2n) is 7.10. The number of benzene rings is 2. The molecule has 2 amide bonds. The van der Waals surface area contributed by atoms with E-state index in [1.54, 1.807) is 30.3 Å². The number of aromatic amines is 1. The SMILES string of the molecule is O=C1[C@@H]2[C@@H](c3cc([N+](=O)[O-])ccc3O)c3sc(=O)[nH]c3S[C@H]2C(=O)N1c1ccccc1. The van der Waals surface area contributed by atoms with Gasteiger partial charge in [-0.25, -0.2) is 4.90 Å². The van der Waals surface area contributed by atoms with Gasteiger partial charge >= 0.3 is 4.87 Å². The Morgan fingerprint density at radius 2 is 1.81 bits per heavy atom. The fourth-order valence-corrected chi connectivity index (χ4v) is 6.59. The average Bonchev–Trinajstić information content (AvgIpc) is 3.24. The monoisotopic (exact) mass is 455 g/mol. The summed E-state index contributed by atoms with van der Waals surface area (Å²) in [7, 11) is 0. The number of hydrogen-bond acceptors (Lipinski definition) is 8. The van der Waals surface area contributed by atoms with E-state index >= 15 is 0 Å². The van der Waals surface area contributed by atoms with Crippen molar-refractivity contribution in [2.24, 2.45) is 5.92 Å². The number of H-pyrrole nitrogens is 1. The number of para-hydroxylation sites is 1. The van der Waals surface area contributed by atoms with Crippen molar-refractivity contribution in [2.75, 3.05) is 4.90 Å². The molecule has 0 bridgehead atoms. The van der Waals surface area contributed by atoms with Gasteiger partial charge in [-0.05, 0) is 18.2 Å². The molecule has 1 aromatic heterocycles. The van der Waals surface area contributed by atoms with Crippen LogP contribution >= 0.6 is 23.1 Å². The molecule has 11 heteroatoms. The number of thioether (sulfide) groups is 1. The number of amides is 2. The number of nitro benzene ring substituents is 1. The number of aromatic nitrogens is 1. The van der Waals surface area contributed by atoms with Crippen molar-refractivity contribution in [3.05, 3.63) is 78.8 Å². The number of phenolic OH excluding ortho intramolecular Hbond substituents is 1. The number of nitro groups is 1. The van der Waals surface area contributed by atoms with E-state index in [0.717, 1.165) is 34.1 Å². The third kappa shape index (κ3) is 2.96. The minimum absolute atomic E-state index is 0.136. The Kier molecular flexibility index (Phi) is 4.45. The summed E-state index contributed by atoms with van der Waals surface area (Å²) >= 11 is 1.97. The van der Waals surface area contributed by atoms with Crippen molar-refractivity contribution in [3.8, 4) is 5.75 Å². The molecule has 2 aromatic carbocycles. The first kappa shape index (κ1) is 19.5. The number of phenols is 1. The number of nitrogens with one attached hydrogen (secondary N) is 1. The number of imide groups is 1. The first-order chi connectivity index (χ1) is 14.9. The van der Waals surface area contributed by atoms with Gasteiger partial charge in [0.2, 0.25) is 11.8 Å². The number of rotatable bonds is 3. The smallest absolute Gasteiger partial charge is 0.305 e. The largest absolute Gasteiger partial charge is 0.508 e. The highest BCUT2D eigenvalue weighted by Gasteiger charge is 2.56. The van der Waals surface area contributed by atoms with Crippen molar-refractivity contribution >= 4 is 46.3 Å². The Morgan fingerprint density at radius 3 is 2.52 bits per heavy atom. The zero-order chi connectivity index (χ0) is 21.9. The van der Waals surface area contributed by atoms with Gasteiger partial charge in [0.15, 0.2) is 0 Å². The van der Waals surface area contributed by atoms with Crippen LogP contribution in [0.1, 0.15) is 16.4 Å². The van der Waals surface area contributed by atoms with Crippen LogP contribution in [0.15, 0.2) is 58.4 Å². The topological polar surface area (TPSA) is 134 Å². The number of anilines is 1. The van der Waals surface area contributed by atoms with E-state index in [2.05, 4.69) is 4.98 Å². The van der Waals surface area contributed by atoms with Gasteiger partial charge in [-0.2, -0.15) is 0 Å². The van der Waals surface area contributed by atoms with Crippen molar-refractivity contribution < 1.29 is 19.6 Å². The summed E-state index contributed by atoms with van der Waals surface area (Å²) in [5.41, 5.74) is 0.298. The molecular weight excluding hydrogens is 442 g/mol. The van der Waals surface area contributed by atoms with Crippen LogP contribution < -0.4 is 9.77 Å². The van der Waals surface area contributed by atoms with Crippen molar-refractivity contribution in [1.82, 2.24) is 4.98 Å². The molecule has 3 atom stereocenters. The first-order valence-electron chi connectivity index (χ1n) is 9.16. The van der Waals surface area contributed by atoms with E-state index in [9.17, 15) is 29.6 Å². The van der Waals surface area contributed by atoms with Crippen LogP contribution in [0, 0.1) is 16.0 Å². The van der Waals surface area contributed by atoms with Gasteiger partial charge in [-0.3, -0.25) is 24.5 Å². The number of non-ortho nitro benzene ring substituents is 1. The predicted molar refractivity (Wildman–Crippen MR) is 114 cm³/mol. The number of fused-ring (bicyclic) bond motifs is 2. The maximum atomic E-state index is 13.5. The molecule has 3 aromatic rings. The maximum Gasteiger partial charge on any atom is 0.305 e. The quantitative estimate of drug-likeness (QED) is 0.352. The van der Waals surface area contributed by atoms with Crippen LogP contribution in [0.2, 0.25) is 0 Å². The third-order valence-corrected chi connectivity index (χ3v) is 7.80. The summed E-state index contributed by atoms with van der Waals surface area (Å²) < 4.78 is 0. The number of carbonyl (C=O) groups excluding carboxylic acids is 2. The number of hydrogen-bond donors (Lipinski definition) is 2. The molecule has 0 aliphatic carbocycles. The Labute approximate surface area is 182 Å². The molecule has 2 aliphatic rings. The van der Waals surface area contributed by atoms with Crippen LogP contribution in [0.3, 0.4) is 0 Å². The second kappa shape index (κ2) is 7.06. The highest BCUT2D eigenvalue weighted by molar-refractivity contribution is 8.00. The van der Waals surface area contributed by atoms with Crippen LogP contribution in [-0.2, 0) is 9.59 Å². The molecule has 9 nitrogen and oxygen atoms in total. The molecular formula is C20H13N3O6S2. The summed E-state index contributed by atoms with van der Waals surface area (Å²) in [6.45, 7) is 0. The third-order valence-electron chi connectivity index (χ3n) is 5.40. The van der Waals surface area contributed by atoms with Gasteiger partial charge in [-0.1, -0.05) is 41.3 Å². The van der Waals surface area contributed by atoms with E-state index in [1.165, 1.54) is 12.1 Å². The van der Waals surface area contributed by atoms with Gasteiger partial charge < -0.3 is 10.1 Å². The van der Waals surface area contributed by atoms with E-state index in [-0.39, 0.29) is 21.9 Å². The number of nitrogens with zero attached hydrogens (tertiary/aromatic N) is 2. The highest BCUT2D eigenvalue weighted by atomic mass is 32.2. The fourth-order valence-electron chi connectivity index (χ4n) is 4.09. The standard InChI is InChI=1S/C20H13N3O6S2/c24-12-7-6-10(23(28)29)8-11(12)13-14-16(30-17-15(13)31-20(27)21-17)19(26)22(18(14)25)9-4-2-1-3-5-9/h1-8,13-14,16,24H,(H,21,27)/t13-,14-,16-/m1/s1. The molecule has 0 saturated carbocycles. The predicted octanol–water partition coefficient (Wildman–Crippen LogP) is 2.85. The molecule has 31 heavy (non-hydrogen) atoms. The molecule has 2 aliphatic heterocycles. The van der Waals surface area contributed by atoms with Gasteiger partial charge in [0.05, 0.1) is 21.6 Å². The van der Waals surface area contributed by atoms with Crippen LogP contribution in [0.5, 0.6) is 5.75 Å². The highest BCUT2D eigenvalue weighted by Crippen LogP contribution is 2.54. The Morgan fingerprint density at radius 1 is 1.06 bits per heavy atom. The van der Waals surface area contributed by atoms with E-state index in [1.807, 2.05) is 0 Å². The lowest BCUT2D eigenvalue weighted by atomic mass is 9.82. The van der Waals surface area contributed by atoms with Crippen molar-refractivity contribution in [3.63, 3.8) is 0 Å². The summed E-state index contributed by atoms with van der Waals surface area (Å²) in [6.07, 6.45) is 0. The average molecular weight is 455 g/mol. The molecule has 5 rings (SSSR count). The van der Waals surface area contributed by atoms with Gasteiger partial charge in [0, 0.05) is 28.5 Å². The van der Waals surface area contributed by atoms with Gasteiger partial charge in [0.25, 0.3) is 5.69 Å². The van der Waals surface area contributed by atoms with Crippen LogP contribution in [0.4, 0.5) is 11.4 Å². The summed E-state index contributed by atoms with van der Waals surface area (Å²) in [5.74, 6) is -2.96. The second-order valence-corrected chi connectivity index (χ2v) is 9.26. The number of aromatic hydroxyl groups is 1. The Balaban J connectivity index is 1.70. The zero-order valence-corrected chi connectivity index (χ0v) is 17.2. The van der Waals surface area contributed by atoms with E-state index < -0.39 is 33.8 Å². The first-order valence-corrected chi connectivity index (χ1v) is 10.9. The normalized spacial score (nSPS) is 22.3. The zero-order valence-electron chi connectivity index (χ0n) is 15.6. The summed E-state index contributed by atoms with van der Waals surface area (Å²) in [5, 5.41) is 21.4. The van der Waals surface area contributed by atoms with E-state index in [4.69, 9.17) is 0 Å². The summed E-state index contributed by atoms with van der Waals surface area (Å²) in [4.78, 5) is 53.4. The van der Waals surface area contributed by atoms with E-state index in [0.29, 0.717) is 15.6 Å². The van der Waals surface area contributed by atoms with Gasteiger partial charge in [0.1, 0.15) is 11.0 Å². The molecule has 3 heterocycles. The van der Waals surface area contributed by atoms with Crippen LogP contribution in [-0.4, -0.2) is 32.1 Å². The molecule has 1 saturated heterocycles. The minimum atomic E-state index is -0.926. The molecule has 2 N–H and O–H groups in total. The lowest BCUT2D eigenvalue weighted by molar-refractivity contribution is -0.385. The molecule has 0 unspecified atom stereocenters. The molecule has 1 fully saturated rings.